The third-order valence-electron chi connectivity index (χ3n) is 5.58. The molecule has 1 aromatic rings. The molecule has 7 heteroatoms. The van der Waals surface area contributed by atoms with Crippen LogP contribution in [0.2, 0.25) is 0 Å². The molecule has 3 N–H and O–H groups in total. The fourth-order valence-corrected chi connectivity index (χ4v) is 4.59. The third-order valence-corrected chi connectivity index (χ3v) is 5.58. The van der Waals surface area contributed by atoms with Crippen LogP contribution in [0, 0.1) is 5.41 Å². The lowest BCUT2D eigenvalue weighted by Crippen LogP contribution is -2.49. The molecule has 0 radical (unpaired) electrons. The molecule has 158 valence electrons. The SMILES string of the molecule is CC1(C)CC(=O)C2=C(C1)OC(=O)C21C(C(=O)OC(C)(C)C)=C(N)Nc2ccccc21. The summed E-state index contributed by atoms with van der Waals surface area (Å²) in [4.78, 5) is 40.2. The fraction of sp³-hybridized carbons (Fsp3) is 0.435. The average Bonchev–Trinajstić information content (AvgIpc) is 2.84. The molecule has 3 aliphatic rings. The highest BCUT2D eigenvalue weighted by Gasteiger charge is 2.64. The predicted molar refractivity (Wildman–Crippen MR) is 110 cm³/mol. The second-order valence-corrected chi connectivity index (χ2v) is 9.84. The van der Waals surface area contributed by atoms with E-state index in [9.17, 15) is 14.4 Å². The van der Waals surface area contributed by atoms with Crippen LogP contribution in [0.1, 0.15) is 53.0 Å². The second kappa shape index (κ2) is 6.20. The van der Waals surface area contributed by atoms with Gasteiger partial charge >= 0.3 is 11.9 Å². The molecule has 1 unspecified atom stereocenters. The summed E-state index contributed by atoms with van der Waals surface area (Å²) in [6.07, 6.45) is 0.653. The molecule has 2 heterocycles. The van der Waals surface area contributed by atoms with Gasteiger partial charge in [-0.1, -0.05) is 32.0 Å². The van der Waals surface area contributed by atoms with Crippen LogP contribution in [-0.4, -0.2) is 23.3 Å². The number of hydrogen-bond donors (Lipinski definition) is 2. The van der Waals surface area contributed by atoms with Crippen molar-refractivity contribution < 1.29 is 23.9 Å². The first kappa shape index (κ1) is 20.2. The molecule has 1 aromatic carbocycles. The zero-order valence-corrected chi connectivity index (χ0v) is 17.8. The molecule has 1 spiro atoms. The summed E-state index contributed by atoms with van der Waals surface area (Å²) in [7, 11) is 0. The molecule has 4 rings (SSSR count). The van der Waals surface area contributed by atoms with Crippen molar-refractivity contribution in [3.05, 3.63) is 52.6 Å². The lowest BCUT2D eigenvalue weighted by molar-refractivity contribution is -0.153. The molecule has 0 fully saturated rings. The number of benzene rings is 1. The zero-order chi connectivity index (χ0) is 22.1. The van der Waals surface area contributed by atoms with Crippen LogP contribution in [0.25, 0.3) is 0 Å². The number of anilines is 1. The van der Waals surface area contributed by atoms with E-state index in [1.165, 1.54) is 0 Å². The molecule has 7 nitrogen and oxygen atoms in total. The number of carbonyl (C=O) groups excluding carboxylic acids is 3. The smallest absolute Gasteiger partial charge is 0.340 e. The van der Waals surface area contributed by atoms with Gasteiger partial charge in [0.05, 0.1) is 5.57 Å². The largest absolute Gasteiger partial charge is 0.456 e. The fourth-order valence-electron chi connectivity index (χ4n) is 4.59. The molecule has 2 aliphatic heterocycles. The predicted octanol–water partition coefficient (Wildman–Crippen LogP) is 3.06. The molecule has 1 aliphatic carbocycles. The minimum Gasteiger partial charge on any atom is -0.456 e. The van der Waals surface area contributed by atoms with Crippen molar-refractivity contribution in [1.82, 2.24) is 0 Å². The van der Waals surface area contributed by atoms with E-state index < -0.39 is 23.0 Å². The molecular formula is C23H26N2O5. The van der Waals surface area contributed by atoms with E-state index in [1.807, 2.05) is 13.8 Å². The number of carbonyl (C=O) groups is 3. The van der Waals surface area contributed by atoms with Gasteiger partial charge in [-0.15, -0.1) is 0 Å². The van der Waals surface area contributed by atoms with Gasteiger partial charge in [-0.05, 0) is 32.3 Å². The monoisotopic (exact) mass is 410 g/mol. The molecular weight excluding hydrogens is 384 g/mol. The van der Waals surface area contributed by atoms with Crippen molar-refractivity contribution in [2.45, 2.75) is 58.5 Å². The highest BCUT2D eigenvalue weighted by molar-refractivity contribution is 6.18. The van der Waals surface area contributed by atoms with Crippen molar-refractivity contribution in [3.63, 3.8) is 0 Å². The number of fused-ring (bicyclic) bond motifs is 3. The summed E-state index contributed by atoms with van der Waals surface area (Å²) in [6.45, 7) is 9.07. The first-order valence-corrected chi connectivity index (χ1v) is 9.96. The Morgan fingerprint density at radius 2 is 1.83 bits per heavy atom. The van der Waals surface area contributed by atoms with Crippen LogP contribution < -0.4 is 11.1 Å². The van der Waals surface area contributed by atoms with Gasteiger partial charge in [0.1, 0.15) is 22.8 Å². The number of nitrogens with two attached hydrogens (primary N) is 1. The van der Waals surface area contributed by atoms with Crippen LogP contribution in [-0.2, 0) is 29.3 Å². The van der Waals surface area contributed by atoms with Crippen LogP contribution in [0.4, 0.5) is 5.69 Å². The molecule has 0 amide bonds. The first-order chi connectivity index (χ1) is 13.9. The van der Waals surface area contributed by atoms with Crippen molar-refractivity contribution in [3.8, 4) is 0 Å². The average molecular weight is 410 g/mol. The van der Waals surface area contributed by atoms with E-state index in [2.05, 4.69) is 5.32 Å². The van der Waals surface area contributed by atoms with Gasteiger partial charge in [0.15, 0.2) is 11.2 Å². The number of ketones is 1. The van der Waals surface area contributed by atoms with E-state index in [1.54, 1.807) is 45.0 Å². The van der Waals surface area contributed by atoms with E-state index >= 15 is 0 Å². The Bertz CT molecular complexity index is 1060. The van der Waals surface area contributed by atoms with Gasteiger partial charge in [-0.3, -0.25) is 4.79 Å². The number of para-hydroxylation sites is 1. The Labute approximate surface area is 175 Å². The number of esters is 2. The summed E-state index contributed by atoms with van der Waals surface area (Å²) < 4.78 is 11.3. The first-order valence-electron chi connectivity index (χ1n) is 9.96. The second-order valence-electron chi connectivity index (χ2n) is 9.84. The van der Waals surface area contributed by atoms with Crippen LogP contribution in [0.5, 0.6) is 0 Å². The summed E-state index contributed by atoms with van der Waals surface area (Å²) in [6, 6.07) is 6.99. The zero-order valence-electron chi connectivity index (χ0n) is 17.8. The number of Topliss-reactive ketones (excluding diaryl/α,β-unsaturated/α-hetero) is 1. The molecule has 30 heavy (non-hydrogen) atoms. The summed E-state index contributed by atoms with van der Waals surface area (Å²) in [5.41, 5.74) is 4.48. The number of nitrogens with one attached hydrogen (secondary N) is 1. The number of rotatable bonds is 1. The minimum absolute atomic E-state index is 0.0220. The van der Waals surface area contributed by atoms with Gasteiger partial charge in [0.2, 0.25) is 0 Å². The maximum Gasteiger partial charge on any atom is 0.340 e. The highest BCUT2D eigenvalue weighted by atomic mass is 16.6. The van der Waals surface area contributed by atoms with Crippen molar-refractivity contribution >= 4 is 23.4 Å². The maximum atomic E-state index is 13.5. The molecule has 0 saturated carbocycles. The third kappa shape index (κ3) is 2.83. The van der Waals surface area contributed by atoms with Gasteiger partial charge < -0.3 is 20.5 Å². The highest BCUT2D eigenvalue weighted by Crippen LogP contribution is 2.56. The number of ether oxygens (including phenoxy) is 2. The standard InChI is InChI=1S/C23H26N2O5/c1-21(2,3)30-19(27)17-18(24)25-13-9-7-6-8-12(13)23(17)16-14(26)10-22(4,5)11-15(16)29-20(23)28/h6-9,25H,10-11,24H2,1-5H3. The van der Waals surface area contributed by atoms with Crippen molar-refractivity contribution in [2.75, 3.05) is 5.32 Å². The summed E-state index contributed by atoms with van der Waals surface area (Å²) in [5, 5.41) is 2.99. The minimum atomic E-state index is -1.74. The summed E-state index contributed by atoms with van der Waals surface area (Å²) in [5.74, 6) is -1.39. The van der Waals surface area contributed by atoms with Crippen LogP contribution in [0.3, 0.4) is 0 Å². The Morgan fingerprint density at radius 1 is 1.17 bits per heavy atom. The topological polar surface area (TPSA) is 108 Å². The van der Waals surface area contributed by atoms with Gasteiger partial charge in [0, 0.05) is 24.1 Å². The Kier molecular flexibility index (Phi) is 4.18. The summed E-state index contributed by atoms with van der Waals surface area (Å²) >= 11 is 0. The molecule has 0 saturated heterocycles. The van der Waals surface area contributed by atoms with E-state index in [-0.39, 0.29) is 34.6 Å². The Balaban J connectivity index is 2.03. The van der Waals surface area contributed by atoms with E-state index in [4.69, 9.17) is 15.2 Å². The lowest BCUT2D eigenvalue weighted by atomic mass is 9.62. The Hall–Kier alpha value is -3.09. The van der Waals surface area contributed by atoms with Gasteiger partial charge in [-0.25, -0.2) is 9.59 Å². The maximum absolute atomic E-state index is 13.5. The van der Waals surface area contributed by atoms with Crippen molar-refractivity contribution in [1.29, 1.82) is 0 Å². The van der Waals surface area contributed by atoms with Crippen LogP contribution in [0.15, 0.2) is 47.0 Å². The molecule has 0 bridgehead atoms. The van der Waals surface area contributed by atoms with Gasteiger partial charge in [0.25, 0.3) is 0 Å². The quantitative estimate of drug-likeness (QED) is 0.685. The lowest BCUT2D eigenvalue weighted by Gasteiger charge is -2.38. The Morgan fingerprint density at radius 3 is 2.50 bits per heavy atom. The van der Waals surface area contributed by atoms with Crippen molar-refractivity contribution in [2.24, 2.45) is 11.1 Å². The van der Waals surface area contributed by atoms with E-state index in [0.29, 0.717) is 23.4 Å². The number of allylic oxidation sites excluding steroid dienone is 1. The molecule has 1 atom stereocenters. The van der Waals surface area contributed by atoms with Gasteiger partial charge in [-0.2, -0.15) is 0 Å². The normalized spacial score (nSPS) is 25.0. The molecule has 0 aromatic heterocycles. The number of hydrogen-bond acceptors (Lipinski definition) is 7. The van der Waals surface area contributed by atoms with Crippen LogP contribution >= 0.6 is 0 Å². The van der Waals surface area contributed by atoms with E-state index in [0.717, 1.165) is 0 Å².